The van der Waals surface area contributed by atoms with Crippen LogP contribution in [-0.4, -0.2) is 33.7 Å². The van der Waals surface area contributed by atoms with Gasteiger partial charge in [-0.25, -0.2) is 4.68 Å². The number of aromatic nitrogens is 2. The summed E-state index contributed by atoms with van der Waals surface area (Å²) in [5.41, 5.74) is 3.24. The van der Waals surface area contributed by atoms with Crippen LogP contribution in [0.25, 0.3) is 0 Å². The average Bonchev–Trinajstić information content (AvgIpc) is 3.23. The number of fused-ring (bicyclic) bond motifs is 1. The van der Waals surface area contributed by atoms with Crippen molar-refractivity contribution in [2.24, 2.45) is 0 Å². The molecular formula is C24H22N4O4. The molecule has 1 amide bonds. The molecule has 1 aliphatic heterocycles. The molecule has 1 atom stereocenters. The molecule has 8 nitrogen and oxygen atoms in total. The van der Waals surface area contributed by atoms with Crippen molar-refractivity contribution in [2.75, 3.05) is 17.7 Å². The smallest absolute Gasteiger partial charge is 0.261 e. The maximum atomic E-state index is 13.0. The Morgan fingerprint density at radius 1 is 1.22 bits per heavy atom. The number of carbonyl (C=O) groups is 2. The zero-order valence-electron chi connectivity index (χ0n) is 17.5. The maximum Gasteiger partial charge on any atom is 0.261 e. The summed E-state index contributed by atoms with van der Waals surface area (Å²) in [5, 5.41) is 20.7. The van der Waals surface area contributed by atoms with E-state index in [-0.39, 0.29) is 17.4 Å². The number of ether oxygens (including phenoxy) is 1. The number of carbonyl (C=O) groups excluding carboxylic acids is 2. The van der Waals surface area contributed by atoms with Crippen molar-refractivity contribution in [3.63, 3.8) is 0 Å². The standard InChI is InChI=1S/C24H22N4O4/c1-32-20-12-14(10-11-18(20)29)22-21-17(8-5-9-19(21)30)27-23-16(13-25-28(22)23)24(31)26-15-6-3-2-4-7-15/h2-4,6-7,10-13,22,27,29H,5,8-9H2,1H3,(H,26,31). The van der Waals surface area contributed by atoms with Crippen LogP contribution in [0.5, 0.6) is 11.5 Å². The zero-order valence-corrected chi connectivity index (χ0v) is 17.5. The number of hydrogen-bond acceptors (Lipinski definition) is 6. The fourth-order valence-corrected chi connectivity index (χ4v) is 4.32. The largest absolute Gasteiger partial charge is 0.504 e. The molecule has 1 unspecified atom stereocenters. The second-order valence-electron chi connectivity index (χ2n) is 7.80. The van der Waals surface area contributed by atoms with Crippen molar-refractivity contribution >= 4 is 23.2 Å². The first-order valence-corrected chi connectivity index (χ1v) is 10.4. The molecule has 162 valence electrons. The van der Waals surface area contributed by atoms with Crippen LogP contribution in [0.15, 0.2) is 66.0 Å². The van der Waals surface area contributed by atoms with Crippen molar-refractivity contribution < 1.29 is 19.4 Å². The van der Waals surface area contributed by atoms with E-state index < -0.39 is 6.04 Å². The molecule has 3 aromatic rings. The Labute approximate surface area is 184 Å². The number of hydrogen-bond donors (Lipinski definition) is 3. The number of allylic oxidation sites excluding steroid dienone is 2. The number of para-hydroxylation sites is 1. The predicted molar refractivity (Wildman–Crippen MR) is 119 cm³/mol. The highest BCUT2D eigenvalue weighted by Gasteiger charge is 2.37. The van der Waals surface area contributed by atoms with E-state index in [1.807, 2.05) is 30.3 Å². The molecule has 2 aliphatic rings. The Balaban J connectivity index is 1.60. The normalized spacial score (nSPS) is 17.3. The molecule has 0 saturated heterocycles. The number of aromatic hydroxyl groups is 1. The maximum absolute atomic E-state index is 13.0. The van der Waals surface area contributed by atoms with Crippen LogP contribution in [-0.2, 0) is 4.79 Å². The summed E-state index contributed by atoms with van der Waals surface area (Å²) in [6.07, 6.45) is 3.42. The van der Waals surface area contributed by atoms with E-state index in [9.17, 15) is 14.7 Å². The summed E-state index contributed by atoms with van der Waals surface area (Å²) in [7, 11) is 1.48. The van der Waals surface area contributed by atoms with E-state index in [1.54, 1.807) is 16.8 Å². The molecule has 1 aromatic heterocycles. The molecular weight excluding hydrogens is 408 g/mol. The number of amides is 1. The molecule has 0 fully saturated rings. The highest BCUT2D eigenvalue weighted by molar-refractivity contribution is 6.08. The zero-order chi connectivity index (χ0) is 22.2. The molecule has 32 heavy (non-hydrogen) atoms. The van der Waals surface area contributed by atoms with E-state index >= 15 is 0 Å². The van der Waals surface area contributed by atoms with Crippen LogP contribution in [0.1, 0.15) is 41.2 Å². The van der Waals surface area contributed by atoms with Gasteiger partial charge in [-0.2, -0.15) is 5.10 Å². The first-order chi connectivity index (χ1) is 15.6. The van der Waals surface area contributed by atoms with Gasteiger partial charge in [-0.15, -0.1) is 0 Å². The molecule has 0 bridgehead atoms. The lowest BCUT2D eigenvalue weighted by Crippen LogP contribution is -2.32. The predicted octanol–water partition coefficient (Wildman–Crippen LogP) is 3.87. The van der Waals surface area contributed by atoms with E-state index in [0.717, 1.165) is 17.7 Å². The Kier molecular flexibility index (Phi) is 4.89. The monoisotopic (exact) mass is 430 g/mol. The van der Waals surface area contributed by atoms with Gasteiger partial charge in [-0.1, -0.05) is 24.3 Å². The Morgan fingerprint density at radius 2 is 2.03 bits per heavy atom. The third-order valence-electron chi connectivity index (χ3n) is 5.83. The van der Waals surface area contributed by atoms with E-state index in [1.165, 1.54) is 19.4 Å². The lowest BCUT2D eigenvalue weighted by molar-refractivity contribution is -0.116. The summed E-state index contributed by atoms with van der Waals surface area (Å²) in [6, 6.07) is 13.7. The average molecular weight is 430 g/mol. The van der Waals surface area contributed by atoms with E-state index in [4.69, 9.17) is 4.74 Å². The van der Waals surface area contributed by atoms with Gasteiger partial charge in [0.1, 0.15) is 17.4 Å². The van der Waals surface area contributed by atoms with Crippen molar-refractivity contribution in [1.82, 2.24) is 9.78 Å². The minimum absolute atomic E-state index is 0.0120. The quantitative estimate of drug-likeness (QED) is 0.580. The first-order valence-electron chi connectivity index (χ1n) is 10.4. The molecule has 8 heteroatoms. The molecule has 2 heterocycles. The Bertz CT molecular complexity index is 1250. The lowest BCUT2D eigenvalue weighted by atomic mass is 9.85. The Morgan fingerprint density at radius 3 is 2.81 bits per heavy atom. The Hall–Kier alpha value is -4.07. The molecule has 3 N–H and O–H groups in total. The van der Waals surface area contributed by atoms with Crippen molar-refractivity contribution in [3.05, 3.63) is 77.1 Å². The molecule has 0 spiro atoms. The van der Waals surface area contributed by atoms with Crippen LogP contribution in [0.3, 0.4) is 0 Å². The highest BCUT2D eigenvalue weighted by atomic mass is 16.5. The first kappa shape index (κ1) is 19.9. The minimum atomic E-state index is -0.526. The molecule has 0 saturated carbocycles. The van der Waals surface area contributed by atoms with E-state index in [0.29, 0.717) is 41.2 Å². The van der Waals surface area contributed by atoms with Gasteiger partial charge < -0.3 is 20.5 Å². The minimum Gasteiger partial charge on any atom is -0.504 e. The third-order valence-corrected chi connectivity index (χ3v) is 5.83. The molecule has 1 aliphatic carbocycles. The van der Waals surface area contributed by atoms with Gasteiger partial charge in [0.25, 0.3) is 5.91 Å². The van der Waals surface area contributed by atoms with Crippen LogP contribution < -0.4 is 15.4 Å². The number of phenolic OH excluding ortho intramolecular Hbond substituents is 1. The molecule has 5 rings (SSSR count). The van der Waals surface area contributed by atoms with Crippen molar-refractivity contribution in [2.45, 2.75) is 25.3 Å². The summed E-state index contributed by atoms with van der Waals surface area (Å²) in [5.74, 6) is 0.606. The van der Waals surface area contributed by atoms with Gasteiger partial charge >= 0.3 is 0 Å². The highest BCUT2D eigenvalue weighted by Crippen LogP contribution is 2.43. The van der Waals surface area contributed by atoms with Gasteiger partial charge in [-0.05, 0) is 42.7 Å². The van der Waals surface area contributed by atoms with Crippen molar-refractivity contribution in [3.8, 4) is 11.5 Å². The van der Waals surface area contributed by atoms with Gasteiger partial charge in [0.2, 0.25) is 0 Å². The van der Waals surface area contributed by atoms with E-state index in [2.05, 4.69) is 15.7 Å². The lowest BCUT2D eigenvalue weighted by Gasteiger charge is -2.33. The molecule has 2 aromatic carbocycles. The number of ketones is 1. The number of anilines is 2. The summed E-state index contributed by atoms with van der Waals surface area (Å²) >= 11 is 0. The summed E-state index contributed by atoms with van der Waals surface area (Å²) < 4.78 is 6.94. The third kappa shape index (κ3) is 3.30. The second-order valence-corrected chi connectivity index (χ2v) is 7.80. The molecule has 0 radical (unpaired) electrons. The SMILES string of the molecule is COc1cc(C2C3=C(CCCC3=O)Nc3c(C(=O)Nc4ccccc4)cnn32)ccc1O. The van der Waals surface area contributed by atoms with Gasteiger partial charge in [0, 0.05) is 23.4 Å². The number of rotatable bonds is 4. The van der Waals surface area contributed by atoms with Crippen LogP contribution in [0, 0.1) is 0 Å². The number of phenols is 1. The summed E-state index contributed by atoms with van der Waals surface area (Å²) in [4.78, 5) is 25.9. The topological polar surface area (TPSA) is 105 Å². The number of nitrogens with zero attached hydrogens (tertiary/aromatic N) is 2. The fourth-order valence-electron chi connectivity index (χ4n) is 4.32. The summed E-state index contributed by atoms with van der Waals surface area (Å²) in [6.45, 7) is 0. The second kappa shape index (κ2) is 7.88. The fraction of sp³-hybridized carbons (Fsp3) is 0.208. The van der Waals surface area contributed by atoms with Gasteiger partial charge in [0.15, 0.2) is 17.3 Å². The number of Topliss-reactive ketones (excluding diaryl/α,β-unsaturated/α-hetero) is 1. The van der Waals surface area contributed by atoms with Crippen LogP contribution in [0.4, 0.5) is 11.5 Å². The number of methoxy groups -OCH3 is 1. The van der Waals surface area contributed by atoms with Gasteiger partial charge in [0.05, 0.1) is 13.3 Å². The van der Waals surface area contributed by atoms with Gasteiger partial charge in [-0.3, -0.25) is 9.59 Å². The van der Waals surface area contributed by atoms with Crippen molar-refractivity contribution in [1.29, 1.82) is 0 Å². The number of nitrogens with one attached hydrogen (secondary N) is 2. The number of benzene rings is 2. The van der Waals surface area contributed by atoms with Crippen LogP contribution >= 0.6 is 0 Å². The van der Waals surface area contributed by atoms with Crippen LogP contribution in [0.2, 0.25) is 0 Å².